The maximum Gasteiger partial charge on any atom is 0.309 e. The first-order valence-corrected chi connectivity index (χ1v) is 6.12. The maximum absolute atomic E-state index is 11.3. The highest BCUT2D eigenvalue weighted by molar-refractivity contribution is 6.42. The molecule has 0 saturated carbocycles. The molecule has 0 atom stereocenters. The summed E-state index contributed by atoms with van der Waals surface area (Å²) in [5.41, 5.74) is 1.29. The quantitative estimate of drug-likeness (QED) is 0.915. The molecule has 98 valence electrons. The van der Waals surface area contributed by atoms with Gasteiger partial charge in [-0.1, -0.05) is 29.3 Å². The van der Waals surface area contributed by atoms with Crippen molar-refractivity contribution in [1.82, 2.24) is 4.98 Å². The molecule has 1 aromatic carbocycles. The largest absolute Gasteiger partial charge is 0.481 e. The van der Waals surface area contributed by atoms with Gasteiger partial charge < -0.3 is 10.1 Å². The van der Waals surface area contributed by atoms with Gasteiger partial charge >= 0.3 is 5.97 Å². The Morgan fingerprint density at radius 1 is 1.16 bits per heavy atom. The number of benzene rings is 1. The molecule has 0 spiro atoms. The maximum atomic E-state index is 11.3. The van der Waals surface area contributed by atoms with Crippen molar-refractivity contribution in [2.75, 3.05) is 0 Å². The number of pyridine rings is 1. The molecule has 6 heteroatoms. The Balaban J connectivity index is 2.57. The summed E-state index contributed by atoms with van der Waals surface area (Å²) in [6.07, 6.45) is -0.272. The highest BCUT2D eigenvalue weighted by Crippen LogP contribution is 2.29. The predicted octanol–water partition coefficient (Wildman–Crippen LogP) is 2.98. The zero-order valence-electron chi connectivity index (χ0n) is 9.61. The fourth-order valence-electron chi connectivity index (χ4n) is 1.74. The third-order valence-corrected chi connectivity index (χ3v) is 3.30. The lowest BCUT2D eigenvalue weighted by atomic mass is 10.0. The molecule has 1 heterocycles. The Bertz CT molecular complexity index is 695. The Labute approximate surface area is 118 Å². The fraction of sp³-hybridized carbons (Fsp3) is 0.0769. The van der Waals surface area contributed by atoms with Crippen LogP contribution in [0.25, 0.3) is 11.1 Å². The highest BCUT2D eigenvalue weighted by Gasteiger charge is 2.11. The van der Waals surface area contributed by atoms with Gasteiger partial charge in [0.1, 0.15) is 0 Å². The third-order valence-electron chi connectivity index (χ3n) is 2.56. The van der Waals surface area contributed by atoms with Crippen molar-refractivity contribution in [2.45, 2.75) is 6.42 Å². The standard InChI is InChI=1S/C13H9Cl2NO3/c14-9-3-1-7(5-10(9)15)8-2-4-12(17)16-11(8)6-13(18)19/h1-5H,6H2,(H,16,17)(H,18,19). The zero-order chi connectivity index (χ0) is 14.0. The lowest BCUT2D eigenvalue weighted by Gasteiger charge is -2.08. The first-order valence-electron chi connectivity index (χ1n) is 5.37. The minimum absolute atomic E-state index is 0.272. The van der Waals surface area contributed by atoms with Gasteiger partial charge in [0, 0.05) is 17.3 Å². The molecule has 0 saturated heterocycles. The Kier molecular flexibility index (Phi) is 3.93. The second-order valence-corrected chi connectivity index (χ2v) is 4.73. The molecule has 2 aromatic rings. The van der Waals surface area contributed by atoms with Gasteiger partial charge in [0.2, 0.25) is 5.56 Å². The van der Waals surface area contributed by atoms with Crippen LogP contribution in [0.2, 0.25) is 10.0 Å². The van der Waals surface area contributed by atoms with Gasteiger partial charge in [-0.15, -0.1) is 0 Å². The summed E-state index contributed by atoms with van der Waals surface area (Å²) in [6, 6.07) is 7.87. The van der Waals surface area contributed by atoms with Crippen LogP contribution in [0.3, 0.4) is 0 Å². The van der Waals surface area contributed by atoms with Crippen molar-refractivity contribution in [3.05, 3.63) is 56.4 Å². The van der Waals surface area contributed by atoms with Gasteiger partial charge in [-0.3, -0.25) is 9.59 Å². The van der Waals surface area contributed by atoms with Crippen molar-refractivity contribution in [1.29, 1.82) is 0 Å². The Hall–Kier alpha value is -1.78. The molecule has 2 rings (SSSR count). The van der Waals surface area contributed by atoms with E-state index in [2.05, 4.69) is 4.98 Å². The van der Waals surface area contributed by atoms with E-state index < -0.39 is 5.97 Å². The first kappa shape index (κ1) is 13.6. The fourth-order valence-corrected chi connectivity index (χ4v) is 2.04. The molecule has 2 N–H and O–H groups in total. The van der Waals surface area contributed by atoms with Crippen LogP contribution >= 0.6 is 23.2 Å². The minimum Gasteiger partial charge on any atom is -0.481 e. The number of hydrogen-bond donors (Lipinski definition) is 2. The molecular formula is C13H9Cl2NO3. The van der Waals surface area contributed by atoms with E-state index in [1.54, 1.807) is 24.3 Å². The van der Waals surface area contributed by atoms with Crippen molar-refractivity contribution >= 4 is 29.2 Å². The molecule has 0 amide bonds. The topological polar surface area (TPSA) is 70.2 Å². The number of nitrogens with one attached hydrogen (secondary N) is 1. The number of halogens is 2. The van der Waals surface area contributed by atoms with E-state index in [0.717, 1.165) is 0 Å². The van der Waals surface area contributed by atoms with Gasteiger partial charge in [0.25, 0.3) is 0 Å². The molecule has 0 aliphatic rings. The monoisotopic (exact) mass is 297 g/mol. The van der Waals surface area contributed by atoms with E-state index in [1.165, 1.54) is 6.07 Å². The smallest absolute Gasteiger partial charge is 0.309 e. The van der Waals surface area contributed by atoms with Crippen LogP contribution in [0.1, 0.15) is 5.69 Å². The number of rotatable bonds is 3. The van der Waals surface area contributed by atoms with E-state index in [-0.39, 0.29) is 12.0 Å². The number of H-pyrrole nitrogens is 1. The van der Waals surface area contributed by atoms with Crippen LogP contribution in [0.15, 0.2) is 35.1 Å². The molecule has 0 unspecified atom stereocenters. The third kappa shape index (κ3) is 3.16. The van der Waals surface area contributed by atoms with E-state index in [4.69, 9.17) is 28.3 Å². The summed E-state index contributed by atoms with van der Waals surface area (Å²) in [7, 11) is 0. The van der Waals surface area contributed by atoms with Crippen LogP contribution in [-0.2, 0) is 11.2 Å². The van der Waals surface area contributed by atoms with Crippen molar-refractivity contribution in [3.63, 3.8) is 0 Å². The molecule has 0 fully saturated rings. The molecule has 1 aromatic heterocycles. The summed E-state index contributed by atoms with van der Waals surface area (Å²) in [5.74, 6) is -1.02. The van der Waals surface area contributed by atoms with E-state index >= 15 is 0 Å². The minimum atomic E-state index is -1.02. The Morgan fingerprint density at radius 3 is 2.53 bits per heavy atom. The van der Waals surface area contributed by atoms with Gasteiger partial charge in [0.15, 0.2) is 0 Å². The normalized spacial score (nSPS) is 10.4. The van der Waals surface area contributed by atoms with Crippen LogP contribution in [0.4, 0.5) is 0 Å². The van der Waals surface area contributed by atoms with E-state index in [1.807, 2.05) is 0 Å². The average molecular weight is 298 g/mol. The average Bonchev–Trinajstić information content (AvgIpc) is 2.32. The molecular weight excluding hydrogens is 289 g/mol. The molecule has 4 nitrogen and oxygen atoms in total. The summed E-state index contributed by atoms with van der Waals surface area (Å²) in [4.78, 5) is 24.6. The number of aromatic nitrogens is 1. The van der Waals surface area contributed by atoms with Crippen LogP contribution in [0, 0.1) is 0 Å². The summed E-state index contributed by atoms with van der Waals surface area (Å²) in [6.45, 7) is 0. The molecule has 0 radical (unpaired) electrons. The summed E-state index contributed by atoms with van der Waals surface area (Å²) < 4.78 is 0. The first-order chi connectivity index (χ1) is 8.97. The van der Waals surface area contributed by atoms with Crippen LogP contribution in [0.5, 0.6) is 0 Å². The van der Waals surface area contributed by atoms with Crippen LogP contribution < -0.4 is 5.56 Å². The summed E-state index contributed by atoms with van der Waals surface area (Å²) >= 11 is 11.8. The van der Waals surface area contributed by atoms with E-state index in [0.29, 0.717) is 26.9 Å². The lowest BCUT2D eigenvalue weighted by Crippen LogP contribution is -2.12. The number of carboxylic acid groups (broad SMARTS) is 1. The van der Waals surface area contributed by atoms with Gasteiger partial charge in [-0.2, -0.15) is 0 Å². The van der Waals surface area contributed by atoms with Gasteiger partial charge in [-0.25, -0.2) is 0 Å². The molecule has 0 aliphatic heterocycles. The van der Waals surface area contributed by atoms with E-state index in [9.17, 15) is 9.59 Å². The molecule has 0 bridgehead atoms. The Morgan fingerprint density at radius 2 is 1.89 bits per heavy atom. The number of aromatic amines is 1. The lowest BCUT2D eigenvalue weighted by molar-refractivity contribution is -0.136. The van der Waals surface area contributed by atoms with Crippen molar-refractivity contribution < 1.29 is 9.90 Å². The zero-order valence-corrected chi connectivity index (χ0v) is 11.1. The predicted molar refractivity (Wildman–Crippen MR) is 73.9 cm³/mol. The number of hydrogen-bond acceptors (Lipinski definition) is 2. The number of carbonyl (C=O) groups is 1. The number of carboxylic acids is 1. The van der Waals surface area contributed by atoms with Gasteiger partial charge in [-0.05, 0) is 23.8 Å². The SMILES string of the molecule is O=C(O)Cc1[nH]c(=O)ccc1-c1ccc(Cl)c(Cl)c1. The second kappa shape index (κ2) is 5.47. The molecule has 19 heavy (non-hydrogen) atoms. The van der Waals surface area contributed by atoms with Crippen molar-refractivity contribution in [3.8, 4) is 11.1 Å². The second-order valence-electron chi connectivity index (χ2n) is 3.91. The molecule has 0 aliphatic carbocycles. The number of aliphatic carboxylic acids is 1. The van der Waals surface area contributed by atoms with Gasteiger partial charge in [0.05, 0.1) is 16.5 Å². The summed E-state index contributed by atoms with van der Waals surface area (Å²) in [5, 5.41) is 9.64. The van der Waals surface area contributed by atoms with Crippen LogP contribution in [-0.4, -0.2) is 16.1 Å². The highest BCUT2D eigenvalue weighted by atomic mass is 35.5. The van der Waals surface area contributed by atoms with Crippen molar-refractivity contribution in [2.24, 2.45) is 0 Å².